The number of nitrogens with zero attached hydrogens (tertiary/aromatic N) is 4. The van der Waals surface area contributed by atoms with E-state index in [0.29, 0.717) is 17.6 Å². The first-order chi connectivity index (χ1) is 10.5. The second-order valence-electron chi connectivity index (χ2n) is 5.41. The number of hydrogen-bond donors (Lipinski definition) is 4. The summed E-state index contributed by atoms with van der Waals surface area (Å²) < 4.78 is 7.15. The Morgan fingerprint density at radius 1 is 1.32 bits per heavy atom. The third-order valence-electron chi connectivity index (χ3n) is 3.90. The van der Waals surface area contributed by atoms with Gasteiger partial charge in [-0.2, -0.15) is 0 Å². The molecule has 2 aromatic rings. The molecule has 120 valence electrons. The van der Waals surface area contributed by atoms with Crippen LogP contribution < -0.4 is 5.73 Å². The van der Waals surface area contributed by atoms with Crippen molar-refractivity contribution in [2.75, 3.05) is 5.73 Å². The number of nitrogen functional groups attached to an aromatic ring is 1. The molecule has 0 aromatic carbocycles. The summed E-state index contributed by atoms with van der Waals surface area (Å²) in [5.41, 5.74) is 6.52. The van der Waals surface area contributed by atoms with Crippen molar-refractivity contribution in [3.63, 3.8) is 0 Å². The van der Waals surface area contributed by atoms with Crippen LogP contribution in [-0.4, -0.2) is 59.3 Å². The van der Waals surface area contributed by atoms with Crippen LogP contribution in [0.5, 0.6) is 0 Å². The smallest absolute Gasteiger partial charge is 0.167 e. The fourth-order valence-electron chi connectivity index (χ4n) is 2.75. The Kier molecular flexibility index (Phi) is 3.96. The molecule has 5 atom stereocenters. The van der Waals surface area contributed by atoms with Gasteiger partial charge in [0.25, 0.3) is 0 Å². The molecule has 0 spiro atoms. The summed E-state index contributed by atoms with van der Waals surface area (Å²) in [6.45, 7) is 1.92. The van der Waals surface area contributed by atoms with Crippen molar-refractivity contribution in [2.45, 2.75) is 50.4 Å². The van der Waals surface area contributed by atoms with Gasteiger partial charge in [-0.3, -0.25) is 4.57 Å². The number of anilines is 1. The maximum atomic E-state index is 10.2. The van der Waals surface area contributed by atoms with Crippen molar-refractivity contribution in [2.24, 2.45) is 0 Å². The van der Waals surface area contributed by atoms with E-state index < -0.39 is 30.6 Å². The van der Waals surface area contributed by atoms with Crippen molar-refractivity contribution < 1.29 is 20.1 Å². The SMILES string of the molecule is CCC[C@@H](O)[C@H]1O[C@@H](n2cnc3c(N)ncnc32)[C@H](O)[C@@H]1O. The molecule has 0 aliphatic carbocycles. The van der Waals surface area contributed by atoms with Crippen LogP contribution in [0, 0.1) is 0 Å². The van der Waals surface area contributed by atoms with Crippen molar-refractivity contribution in [3.8, 4) is 0 Å². The molecule has 0 radical (unpaired) electrons. The molecule has 0 saturated carbocycles. The monoisotopic (exact) mass is 309 g/mol. The topological polar surface area (TPSA) is 140 Å². The van der Waals surface area contributed by atoms with E-state index >= 15 is 0 Å². The maximum Gasteiger partial charge on any atom is 0.167 e. The molecule has 0 amide bonds. The number of fused-ring (bicyclic) bond motifs is 1. The van der Waals surface area contributed by atoms with Gasteiger partial charge in [-0.25, -0.2) is 15.0 Å². The zero-order valence-corrected chi connectivity index (χ0v) is 12.1. The van der Waals surface area contributed by atoms with E-state index in [1.807, 2.05) is 6.92 Å². The predicted octanol–water partition coefficient (Wildman–Crippen LogP) is -0.811. The van der Waals surface area contributed by atoms with Gasteiger partial charge in [0.05, 0.1) is 12.4 Å². The lowest BCUT2D eigenvalue weighted by Gasteiger charge is -2.20. The first-order valence-electron chi connectivity index (χ1n) is 7.17. The van der Waals surface area contributed by atoms with Gasteiger partial charge in [0.1, 0.15) is 30.2 Å². The quantitative estimate of drug-likeness (QED) is 0.575. The highest BCUT2D eigenvalue weighted by atomic mass is 16.6. The molecular formula is C13H19N5O4. The first kappa shape index (κ1) is 15.1. The second kappa shape index (κ2) is 5.76. The standard InChI is InChI=1S/C13H19N5O4/c1-2-3-6(19)10-8(20)9(21)13(22-10)18-5-17-7-11(14)15-4-16-12(7)18/h4-6,8-10,13,19-21H,2-3H2,1H3,(H2,14,15,16)/t6-,8+,9-,10-,13-/m1/s1. The van der Waals surface area contributed by atoms with Crippen LogP contribution in [0.15, 0.2) is 12.7 Å². The fourth-order valence-corrected chi connectivity index (χ4v) is 2.75. The Bertz CT molecular complexity index is 663. The number of ether oxygens (including phenoxy) is 1. The lowest BCUT2D eigenvalue weighted by molar-refractivity contribution is -0.0854. The lowest BCUT2D eigenvalue weighted by Crippen LogP contribution is -2.38. The molecule has 9 nitrogen and oxygen atoms in total. The zero-order valence-electron chi connectivity index (χ0n) is 12.1. The Morgan fingerprint density at radius 3 is 2.82 bits per heavy atom. The highest BCUT2D eigenvalue weighted by Gasteiger charge is 2.47. The molecule has 1 aliphatic heterocycles. The van der Waals surface area contributed by atoms with Crippen molar-refractivity contribution in [3.05, 3.63) is 12.7 Å². The van der Waals surface area contributed by atoms with Gasteiger partial charge in [-0.05, 0) is 6.42 Å². The minimum Gasteiger partial charge on any atom is -0.390 e. The van der Waals surface area contributed by atoms with E-state index in [9.17, 15) is 15.3 Å². The van der Waals surface area contributed by atoms with E-state index in [2.05, 4.69) is 15.0 Å². The number of aromatic nitrogens is 4. The molecule has 1 fully saturated rings. The third kappa shape index (κ3) is 2.31. The molecule has 1 saturated heterocycles. The molecule has 0 unspecified atom stereocenters. The second-order valence-corrected chi connectivity index (χ2v) is 5.41. The Morgan fingerprint density at radius 2 is 2.09 bits per heavy atom. The predicted molar refractivity (Wildman–Crippen MR) is 76.6 cm³/mol. The molecule has 0 bridgehead atoms. The molecule has 2 aromatic heterocycles. The van der Waals surface area contributed by atoms with E-state index in [1.165, 1.54) is 17.2 Å². The Hall–Kier alpha value is -1.81. The average Bonchev–Trinajstić information content (AvgIpc) is 3.03. The number of imidazole rings is 1. The summed E-state index contributed by atoms with van der Waals surface area (Å²) in [5.74, 6) is 0.222. The molecule has 22 heavy (non-hydrogen) atoms. The number of aliphatic hydroxyl groups excluding tert-OH is 3. The maximum absolute atomic E-state index is 10.2. The molecule has 3 heterocycles. The number of rotatable bonds is 4. The largest absolute Gasteiger partial charge is 0.390 e. The van der Waals surface area contributed by atoms with Gasteiger partial charge in [0.2, 0.25) is 0 Å². The van der Waals surface area contributed by atoms with Crippen LogP contribution in [0.2, 0.25) is 0 Å². The minimum absolute atomic E-state index is 0.222. The fraction of sp³-hybridized carbons (Fsp3) is 0.615. The molecule has 5 N–H and O–H groups in total. The molecule has 1 aliphatic rings. The van der Waals surface area contributed by atoms with Gasteiger partial charge < -0.3 is 25.8 Å². The van der Waals surface area contributed by atoms with Gasteiger partial charge in [0.15, 0.2) is 17.7 Å². The summed E-state index contributed by atoms with van der Waals surface area (Å²) in [5, 5.41) is 30.4. The average molecular weight is 309 g/mol. The van der Waals surface area contributed by atoms with E-state index in [0.717, 1.165) is 6.42 Å². The van der Waals surface area contributed by atoms with E-state index in [4.69, 9.17) is 10.5 Å². The third-order valence-corrected chi connectivity index (χ3v) is 3.90. The zero-order chi connectivity index (χ0) is 15.9. The van der Waals surface area contributed by atoms with Crippen LogP contribution in [0.25, 0.3) is 11.2 Å². The van der Waals surface area contributed by atoms with Crippen LogP contribution in [0.3, 0.4) is 0 Å². The molecular weight excluding hydrogens is 290 g/mol. The molecule has 9 heteroatoms. The van der Waals surface area contributed by atoms with Crippen LogP contribution in [0.1, 0.15) is 26.0 Å². The number of aliphatic hydroxyl groups is 3. The highest BCUT2D eigenvalue weighted by molar-refractivity contribution is 5.81. The van der Waals surface area contributed by atoms with E-state index in [-0.39, 0.29) is 5.82 Å². The van der Waals surface area contributed by atoms with Crippen LogP contribution >= 0.6 is 0 Å². The van der Waals surface area contributed by atoms with Gasteiger partial charge in [0, 0.05) is 0 Å². The highest BCUT2D eigenvalue weighted by Crippen LogP contribution is 2.33. The summed E-state index contributed by atoms with van der Waals surface area (Å²) in [6, 6.07) is 0. The first-order valence-corrected chi connectivity index (χ1v) is 7.17. The number of nitrogens with two attached hydrogens (primary N) is 1. The van der Waals surface area contributed by atoms with Crippen molar-refractivity contribution in [1.29, 1.82) is 0 Å². The molecule has 3 rings (SSSR count). The summed E-state index contributed by atoms with van der Waals surface area (Å²) in [4.78, 5) is 12.0. The van der Waals surface area contributed by atoms with Crippen LogP contribution in [-0.2, 0) is 4.74 Å². The Balaban J connectivity index is 1.92. The normalized spacial score (nSPS) is 30.0. The lowest BCUT2D eigenvalue weighted by atomic mass is 10.0. The van der Waals surface area contributed by atoms with Crippen molar-refractivity contribution in [1.82, 2.24) is 19.5 Å². The Labute approximate surface area is 126 Å². The van der Waals surface area contributed by atoms with Gasteiger partial charge >= 0.3 is 0 Å². The van der Waals surface area contributed by atoms with Crippen molar-refractivity contribution >= 4 is 17.0 Å². The number of hydrogen-bond acceptors (Lipinski definition) is 8. The van der Waals surface area contributed by atoms with Crippen LogP contribution in [0.4, 0.5) is 5.82 Å². The van der Waals surface area contributed by atoms with Gasteiger partial charge in [-0.15, -0.1) is 0 Å². The minimum atomic E-state index is -1.20. The summed E-state index contributed by atoms with van der Waals surface area (Å²) in [7, 11) is 0. The summed E-state index contributed by atoms with van der Waals surface area (Å²) >= 11 is 0. The van der Waals surface area contributed by atoms with E-state index in [1.54, 1.807) is 0 Å². The van der Waals surface area contributed by atoms with Gasteiger partial charge in [-0.1, -0.05) is 13.3 Å². The summed E-state index contributed by atoms with van der Waals surface area (Å²) in [6.07, 6.45) is -1.08.